The molecular formula is C15H22FNO. The van der Waals surface area contributed by atoms with Crippen molar-refractivity contribution in [3.8, 4) is 0 Å². The molecule has 0 heterocycles. The molecule has 3 heteroatoms. The van der Waals surface area contributed by atoms with Crippen molar-refractivity contribution >= 4 is 0 Å². The lowest BCUT2D eigenvalue weighted by atomic mass is 9.93. The van der Waals surface area contributed by atoms with E-state index >= 15 is 0 Å². The van der Waals surface area contributed by atoms with Gasteiger partial charge in [0.1, 0.15) is 5.82 Å². The van der Waals surface area contributed by atoms with Crippen molar-refractivity contribution < 1.29 is 9.13 Å². The Morgan fingerprint density at radius 3 is 2.28 bits per heavy atom. The Hall–Kier alpha value is -0.930. The van der Waals surface area contributed by atoms with Crippen LogP contribution in [-0.4, -0.2) is 12.1 Å². The van der Waals surface area contributed by atoms with Crippen molar-refractivity contribution in [2.75, 3.05) is 6.61 Å². The van der Waals surface area contributed by atoms with Gasteiger partial charge in [-0.15, -0.1) is 0 Å². The van der Waals surface area contributed by atoms with Crippen molar-refractivity contribution in [1.29, 1.82) is 0 Å². The number of hydrogen-bond donors (Lipinski definition) is 1. The number of hydrogen-bond acceptors (Lipinski definition) is 2. The van der Waals surface area contributed by atoms with E-state index in [0.29, 0.717) is 13.2 Å². The highest BCUT2D eigenvalue weighted by Crippen LogP contribution is 2.25. The summed E-state index contributed by atoms with van der Waals surface area (Å²) in [7, 11) is 0. The molecule has 1 aliphatic rings. The van der Waals surface area contributed by atoms with Crippen LogP contribution >= 0.6 is 0 Å². The second-order valence-corrected chi connectivity index (χ2v) is 5.40. The largest absolute Gasteiger partial charge is 0.375 e. The molecule has 0 spiro atoms. The zero-order valence-corrected chi connectivity index (χ0v) is 10.8. The third kappa shape index (κ3) is 4.07. The third-order valence-corrected chi connectivity index (χ3v) is 3.67. The topological polar surface area (TPSA) is 35.2 Å². The zero-order valence-electron chi connectivity index (χ0n) is 10.8. The van der Waals surface area contributed by atoms with Gasteiger partial charge in [-0.3, -0.25) is 0 Å². The Balaban J connectivity index is 1.78. The van der Waals surface area contributed by atoms with Crippen molar-refractivity contribution in [3.05, 3.63) is 35.6 Å². The molecule has 0 atom stereocenters. The summed E-state index contributed by atoms with van der Waals surface area (Å²) >= 11 is 0. The first-order valence-electron chi connectivity index (χ1n) is 6.79. The average molecular weight is 251 g/mol. The maximum atomic E-state index is 12.7. The molecule has 1 saturated carbocycles. The van der Waals surface area contributed by atoms with Crippen molar-refractivity contribution in [2.45, 2.75) is 50.7 Å². The minimum Gasteiger partial charge on any atom is -0.375 e. The van der Waals surface area contributed by atoms with Crippen molar-refractivity contribution in [1.82, 2.24) is 0 Å². The van der Waals surface area contributed by atoms with Crippen LogP contribution in [0.25, 0.3) is 0 Å². The predicted molar refractivity (Wildman–Crippen MR) is 70.7 cm³/mol. The number of ether oxygens (including phenoxy) is 1. The molecule has 100 valence electrons. The fourth-order valence-electron chi connectivity index (χ4n) is 2.53. The van der Waals surface area contributed by atoms with Crippen LogP contribution in [0, 0.1) is 5.82 Å². The molecule has 0 aliphatic heterocycles. The van der Waals surface area contributed by atoms with E-state index in [1.54, 1.807) is 12.1 Å². The molecule has 1 fully saturated rings. The highest BCUT2D eigenvalue weighted by molar-refractivity contribution is 5.14. The van der Waals surface area contributed by atoms with Crippen LogP contribution in [0.2, 0.25) is 0 Å². The average Bonchev–Trinajstić information content (AvgIpc) is 2.57. The standard InChI is InChI=1S/C15H22FNO/c16-14-7-5-13(6-8-14)11-18-12-15(17)9-3-1-2-4-10-15/h5-8H,1-4,9-12,17H2. The first kappa shape index (κ1) is 13.5. The Kier molecular flexibility index (Phi) is 4.72. The second-order valence-electron chi connectivity index (χ2n) is 5.40. The van der Waals surface area contributed by atoms with Gasteiger partial charge in [-0.05, 0) is 30.5 Å². The summed E-state index contributed by atoms with van der Waals surface area (Å²) in [5.74, 6) is -0.210. The van der Waals surface area contributed by atoms with Gasteiger partial charge in [-0.1, -0.05) is 37.8 Å². The number of nitrogens with two attached hydrogens (primary N) is 1. The van der Waals surface area contributed by atoms with Crippen LogP contribution in [0.3, 0.4) is 0 Å². The monoisotopic (exact) mass is 251 g/mol. The van der Waals surface area contributed by atoms with Gasteiger partial charge >= 0.3 is 0 Å². The molecule has 1 aliphatic carbocycles. The lowest BCUT2D eigenvalue weighted by Crippen LogP contribution is -2.43. The lowest BCUT2D eigenvalue weighted by Gasteiger charge is -2.27. The third-order valence-electron chi connectivity index (χ3n) is 3.67. The highest BCUT2D eigenvalue weighted by atomic mass is 19.1. The Morgan fingerprint density at radius 1 is 1.06 bits per heavy atom. The number of rotatable bonds is 4. The van der Waals surface area contributed by atoms with Gasteiger partial charge in [-0.2, -0.15) is 0 Å². The number of halogens is 1. The summed E-state index contributed by atoms with van der Waals surface area (Å²) < 4.78 is 18.5. The van der Waals surface area contributed by atoms with Crippen molar-refractivity contribution in [2.24, 2.45) is 5.73 Å². The summed E-state index contributed by atoms with van der Waals surface area (Å²) in [6.45, 7) is 1.11. The maximum Gasteiger partial charge on any atom is 0.123 e. The van der Waals surface area contributed by atoms with E-state index in [1.165, 1.54) is 37.8 Å². The Morgan fingerprint density at radius 2 is 1.67 bits per heavy atom. The molecule has 1 aromatic carbocycles. The van der Waals surface area contributed by atoms with Gasteiger partial charge in [0, 0.05) is 5.54 Å². The molecular weight excluding hydrogens is 229 g/mol. The molecule has 2 rings (SSSR count). The number of benzene rings is 1. The highest BCUT2D eigenvalue weighted by Gasteiger charge is 2.26. The molecule has 1 aromatic rings. The minimum atomic E-state index is -0.210. The fourth-order valence-corrected chi connectivity index (χ4v) is 2.53. The Labute approximate surface area is 108 Å². The van der Waals surface area contributed by atoms with E-state index in [1.807, 2.05) is 0 Å². The van der Waals surface area contributed by atoms with Crippen LogP contribution in [0.15, 0.2) is 24.3 Å². The van der Waals surface area contributed by atoms with E-state index < -0.39 is 0 Å². The van der Waals surface area contributed by atoms with E-state index in [2.05, 4.69) is 0 Å². The molecule has 0 saturated heterocycles. The Bertz CT molecular complexity index is 355. The van der Waals surface area contributed by atoms with Crippen LogP contribution < -0.4 is 5.73 Å². The summed E-state index contributed by atoms with van der Waals surface area (Å²) in [5, 5.41) is 0. The molecule has 18 heavy (non-hydrogen) atoms. The molecule has 0 bridgehead atoms. The normalized spacial score (nSPS) is 19.4. The molecule has 0 aromatic heterocycles. The molecule has 0 radical (unpaired) electrons. The fraction of sp³-hybridized carbons (Fsp3) is 0.600. The molecule has 0 unspecified atom stereocenters. The van der Waals surface area contributed by atoms with Crippen molar-refractivity contribution in [3.63, 3.8) is 0 Å². The van der Waals surface area contributed by atoms with Gasteiger partial charge in [0.2, 0.25) is 0 Å². The first-order valence-corrected chi connectivity index (χ1v) is 6.79. The minimum absolute atomic E-state index is 0.156. The summed E-state index contributed by atoms with van der Waals surface area (Å²) in [5.41, 5.74) is 7.20. The van der Waals surface area contributed by atoms with Gasteiger partial charge in [0.25, 0.3) is 0 Å². The van der Waals surface area contributed by atoms with Crippen LogP contribution in [0.1, 0.15) is 44.1 Å². The molecule has 2 N–H and O–H groups in total. The predicted octanol–water partition coefficient (Wildman–Crippen LogP) is 3.39. The maximum absolute atomic E-state index is 12.7. The molecule has 2 nitrogen and oxygen atoms in total. The van der Waals surface area contributed by atoms with Gasteiger partial charge in [-0.25, -0.2) is 4.39 Å². The van der Waals surface area contributed by atoms with Crippen LogP contribution in [0.4, 0.5) is 4.39 Å². The van der Waals surface area contributed by atoms with Crippen LogP contribution in [-0.2, 0) is 11.3 Å². The lowest BCUT2D eigenvalue weighted by molar-refractivity contribution is 0.0667. The second kappa shape index (κ2) is 6.30. The quantitative estimate of drug-likeness (QED) is 0.832. The van der Waals surface area contributed by atoms with Gasteiger partial charge < -0.3 is 10.5 Å². The first-order chi connectivity index (χ1) is 8.68. The van der Waals surface area contributed by atoms with E-state index in [4.69, 9.17) is 10.5 Å². The van der Waals surface area contributed by atoms with Gasteiger partial charge in [0.05, 0.1) is 13.2 Å². The van der Waals surface area contributed by atoms with E-state index in [0.717, 1.165) is 18.4 Å². The molecule has 0 amide bonds. The van der Waals surface area contributed by atoms with Gasteiger partial charge in [0.15, 0.2) is 0 Å². The zero-order chi connectivity index (χ0) is 12.8. The summed E-state index contributed by atoms with van der Waals surface area (Å²) in [4.78, 5) is 0. The SMILES string of the molecule is NC1(COCc2ccc(F)cc2)CCCCCC1. The summed E-state index contributed by atoms with van der Waals surface area (Å²) in [6.07, 6.45) is 7.09. The van der Waals surface area contributed by atoms with E-state index in [-0.39, 0.29) is 11.4 Å². The van der Waals surface area contributed by atoms with E-state index in [9.17, 15) is 4.39 Å². The smallest absolute Gasteiger partial charge is 0.123 e. The summed E-state index contributed by atoms with van der Waals surface area (Å²) in [6, 6.07) is 6.43. The van der Waals surface area contributed by atoms with Crippen LogP contribution in [0.5, 0.6) is 0 Å².